The maximum Gasteiger partial charge on any atom is 0.258 e. The number of aryl methyl sites for hydroxylation is 1. The van der Waals surface area contributed by atoms with Gasteiger partial charge in [0.15, 0.2) is 6.61 Å². The quantitative estimate of drug-likeness (QED) is 0.575. The summed E-state index contributed by atoms with van der Waals surface area (Å²) >= 11 is 3.33. The highest BCUT2D eigenvalue weighted by Crippen LogP contribution is 2.38. The molecular formula is C22H27N3O2S2. The first kappa shape index (κ1) is 20.3. The van der Waals surface area contributed by atoms with Crippen LogP contribution in [-0.4, -0.2) is 48.1 Å². The minimum Gasteiger partial charge on any atom is -0.483 e. The van der Waals surface area contributed by atoms with Crippen molar-refractivity contribution in [3.05, 3.63) is 34.2 Å². The van der Waals surface area contributed by atoms with Crippen LogP contribution in [0.2, 0.25) is 0 Å². The van der Waals surface area contributed by atoms with Crippen molar-refractivity contribution in [1.82, 2.24) is 15.2 Å². The van der Waals surface area contributed by atoms with Crippen LogP contribution in [0.15, 0.2) is 29.2 Å². The van der Waals surface area contributed by atoms with Gasteiger partial charge in [-0.1, -0.05) is 11.6 Å². The number of amides is 1. The van der Waals surface area contributed by atoms with Crippen LogP contribution in [0.1, 0.15) is 31.7 Å². The van der Waals surface area contributed by atoms with Crippen molar-refractivity contribution in [2.45, 2.75) is 39.7 Å². The van der Waals surface area contributed by atoms with Gasteiger partial charge in [-0.25, -0.2) is 4.98 Å². The lowest BCUT2D eigenvalue weighted by atomic mass is 10.0. The fourth-order valence-electron chi connectivity index (χ4n) is 3.69. The third-order valence-corrected chi connectivity index (χ3v) is 7.08. The van der Waals surface area contributed by atoms with Crippen LogP contribution in [0.3, 0.4) is 0 Å². The number of ether oxygens (including phenoxy) is 1. The molecule has 7 heteroatoms. The maximum absolute atomic E-state index is 12.5. The van der Waals surface area contributed by atoms with E-state index in [9.17, 15) is 4.79 Å². The van der Waals surface area contributed by atoms with Crippen LogP contribution >= 0.6 is 22.7 Å². The third kappa shape index (κ3) is 4.79. The number of hydrogen-bond acceptors (Lipinski definition) is 6. The van der Waals surface area contributed by atoms with Crippen LogP contribution < -0.4 is 10.1 Å². The Morgan fingerprint density at radius 2 is 2.17 bits per heavy atom. The third-order valence-electron chi connectivity index (χ3n) is 5.24. The number of likely N-dealkylation sites (tertiary alicyclic amines) is 1. The van der Waals surface area contributed by atoms with E-state index in [4.69, 9.17) is 4.74 Å². The molecule has 0 atom stereocenters. The minimum atomic E-state index is -0.0447. The summed E-state index contributed by atoms with van der Waals surface area (Å²) in [5.74, 6) is 0.723. The number of rotatable bonds is 6. The molecule has 1 N–H and O–H groups in total. The molecule has 0 unspecified atom stereocenters. The Labute approximate surface area is 179 Å². The molecule has 1 aromatic carbocycles. The van der Waals surface area contributed by atoms with Gasteiger partial charge in [-0.05, 0) is 45.1 Å². The monoisotopic (exact) mass is 429 g/mol. The van der Waals surface area contributed by atoms with E-state index < -0.39 is 0 Å². The summed E-state index contributed by atoms with van der Waals surface area (Å²) in [6.07, 6.45) is 4.24. The number of nitrogens with one attached hydrogen (secondary N) is 1. The van der Waals surface area contributed by atoms with Crippen molar-refractivity contribution in [2.24, 2.45) is 0 Å². The largest absolute Gasteiger partial charge is 0.483 e. The molecule has 0 spiro atoms. The number of aromatic nitrogens is 1. The molecule has 0 radical (unpaired) electrons. The van der Waals surface area contributed by atoms with Gasteiger partial charge in [0.05, 0.1) is 19.9 Å². The van der Waals surface area contributed by atoms with Gasteiger partial charge in [0, 0.05) is 37.1 Å². The highest BCUT2D eigenvalue weighted by atomic mass is 32.1. The molecule has 29 heavy (non-hydrogen) atoms. The number of carbonyl (C=O) groups is 1. The lowest BCUT2D eigenvalue weighted by molar-refractivity contribution is -0.124. The number of thiophene rings is 1. The molecule has 4 rings (SSSR count). The molecule has 3 heterocycles. The molecule has 1 aliphatic heterocycles. The van der Waals surface area contributed by atoms with Crippen molar-refractivity contribution in [2.75, 3.05) is 26.2 Å². The maximum atomic E-state index is 12.5. The number of piperidine rings is 1. The lowest BCUT2D eigenvalue weighted by Gasteiger charge is -2.31. The van der Waals surface area contributed by atoms with E-state index in [1.807, 2.05) is 19.1 Å². The summed E-state index contributed by atoms with van der Waals surface area (Å²) in [4.78, 5) is 19.5. The van der Waals surface area contributed by atoms with E-state index in [1.54, 1.807) is 22.7 Å². The van der Waals surface area contributed by atoms with E-state index in [0.29, 0.717) is 0 Å². The highest BCUT2D eigenvalue weighted by molar-refractivity contribution is 7.21. The van der Waals surface area contributed by atoms with Gasteiger partial charge in [0.2, 0.25) is 0 Å². The molecule has 1 aliphatic rings. The SMILES string of the molecule is CC(C)=CCN1CCC(NC(=O)COc2cc3sc(C)nc3c3sccc23)CC1. The van der Waals surface area contributed by atoms with E-state index in [1.165, 1.54) is 5.57 Å². The number of fused-ring (bicyclic) bond motifs is 3. The average molecular weight is 430 g/mol. The number of benzene rings is 1. The van der Waals surface area contributed by atoms with Gasteiger partial charge >= 0.3 is 0 Å². The number of carbonyl (C=O) groups excluding carboxylic acids is 1. The van der Waals surface area contributed by atoms with Gasteiger partial charge in [0.25, 0.3) is 5.91 Å². The van der Waals surface area contributed by atoms with Crippen molar-refractivity contribution in [3.63, 3.8) is 0 Å². The van der Waals surface area contributed by atoms with Crippen LogP contribution in [-0.2, 0) is 4.79 Å². The van der Waals surface area contributed by atoms with Gasteiger partial charge in [-0.2, -0.15) is 0 Å². The average Bonchev–Trinajstić information content (AvgIpc) is 3.31. The summed E-state index contributed by atoms with van der Waals surface area (Å²) in [6.45, 7) is 9.37. The Morgan fingerprint density at radius 1 is 1.38 bits per heavy atom. The number of allylic oxidation sites excluding steroid dienone is 1. The standard InChI is InChI=1S/C22H27N3O2S2/c1-14(2)4-8-25-9-5-16(6-10-25)24-20(26)13-27-18-12-19-21(23-15(3)29-19)22-17(18)7-11-28-22/h4,7,11-12,16H,5-6,8-10,13H2,1-3H3,(H,24,26). The van der Waals surface area contributed by atoms with Gasteiger partial charge in [0.1, 0.15) is 5.75 Å². The zero-order chi connectivity index (χ0) is 20.4. The molecule has 1 fully saturated rings. The molecule has 3 aromatic rings. The zero-order valence-corrected chi connectivity index (χ0v) is 18.8. The van der Waals surface area contributed by atoms with Crippen molar-refractivity contribution >= 4 is 48.9 Å². The Morgan fingerprint density at radius 3 is 2.93 bits per heavy atom. The Kier molecular flexibility index (Phi) is 6.18. The summed E-state index contributed by atoms with van der Waals surface area (Å²) in [6, 6.07) is 4.30. The predicted octanol–water partition coefficient (Wildman–Crippen LogP) is 4.75. The number of thiazole rings is 1. The Bertz CT molecular complexity index is 1040. The summed E-state index contributed by atoms with van der Waals surface area (Å²) in [7, 11) is 0. The van der Waals surface area contributed by atoms with Crippen LogP contribution in [0.5, 0.6) is 5.75 Å². The van der Waals surface area contributed by atoms with E-state index in [0.717, 1.165) is 63.5 Å². The van der Waals surface area contributed by atoms with Crippen LogP contribution in [0, 0.1) is 6.92 Å². The van der Waals surface area contributed by atoms with Crippen molar-refractivity contribution in [1.29, 1.82) is 0 Å². The van der Waals surface area contributed by atoms with Gasteiger partial charge < -0.3 is 10.1 Å². The molecule has 1 saturated heterocycles. The molecule has 2 aromatic heterocycles. The highest BCUT2D eigenvalue weighted by Gasteiger charge is 2.20. The summed E-state index contributed by atoms with van der Waals surface area (Å²) in [5, 5.41) is 7.27. The molecule has 0 bridgehead atoms. The second-order valence-electron chi connectivity index (χ2n) is 7.83. The summed E-state index contributed by atoms with van der Waals surface area (Å²) < 4.78 is 8.18. The second kappa shape index (κ2) is 8.81. The molecular weight excluding hydrogens is 402 g/mol. The fraction of sp³-hybridized carbons (Fsp3) is 0.455. The normalized spacial score (nSPS) is 15.7. The second-order valence-corrected chi connectivity index (χ2v) is 9.98. The fourth-order valence-corrected chi connectivity index (χ4v) is 5.52. The lowest BCUT2D eigenvalue weighted by Crippen LogP contribution is -2.45. The molecule has 0 aliphatic carbocycles. The van der Waals surface area contributed by atoms with Crippen molar-refractivity contribution in [3.8, 4) is 5.75 Å². The molecule has 5 nitrogen and oxygen atoms in total. The summed E-state index contributed by atoms with van der Waals surface area (Å²) in [5.41, 5.74) is 2.39. The van der Waals surface area contributed by atoms with E-state index in [2.05, 4.69) is 40.5 Å². The number of nitrogens with zero attached hydrogens (tertiary/aromatic N) is 2. The smallest absolute Gasteiger partial charge is 0.258 e. The topological polar surface area (TPSA) is 54.5 Å². The van der Waals surface area contributed by atoms with Crippen LogP contribution in [0.4, 0.5) is 0 Å². The van der Waals surface area contributed by atoms with E-state index >= 15 is 0 Å². The molecule has 154 valence electrons. The zero-order valence-electron chi connectivity index (χ0n) is 17.2. The first-order chi connectivity index (χ1) is 14.0. The van der Waals surface area contributed by atoms with Crippen LogP contribution in [0.25, 0.3) is 20.3 Å². The first-order valence-corrected chi connectivity index (χ1v) is 11.7. The van der Waals surface area contributed by atoms with E-state index in [-0.39, 0.29) is 18.6 Å². The Balaban J connectivity index is 1.33. The number of hydrogen-bond donors (Lipinski definition) is 1. The Hall–Kier alpha value is -1.96. The minimum absolute atomic E-state index is 0.0447. The first-order valence-electron chi connectivity index (χ1n) is 10.0. The predicted molar refractivity (Wildman–Crippen MR) is 122 cm³/mol. The van der Waals surface area contributed by atoms with Crippen molar-refractivity contribution < 1.29 is 9.53 Å². The molecule has 0 saturated carbocycles. The molecule has 1 amide bonds. The van der Waals surface area contributed by atoms with Gasteiger partial charge in [-0.3, -0.25) is 9.69 Å². The van der Waals surface area contributed by atoms with Gasteiger partial charge in [-0.15, -0.1) is 22.7 Å².